The molecular weight excluding hydrogens is 384 g/mol. The van der Waals surface area contributed by atoms with Crippen LogP contribution < -0.4 is 10.2 Å². The fraction of sp³-hybridized carbons (Fsp3) is 0.273. The molecule has 0 fully saturated rings. The van der Waals surface area contributed by atoms with E-state index in [9.17, 15) is 9.90 Å². The number of ether oxygens (including phenoxy) is 2. The highest BCUT2D eigenvalue weighted by Crippen LogP contribution is 2.39. The number of rotatable bonds is 4. The molecule has 0 aliphatic heterocycles. The van der Waals surface area contributed by atoms with Gasteiger partial charge in [0.15, 0.2) is 11.5 Å². The van der Waals surface area contributed by atoms with Gasteiger partial charge < -0.3 is 14.6 Å². The summed E-state index contributed by atoms with van der Waals surface area (Å²) >= 11 is 6.60. The van der Waals surface area contributed by atoms with Crippen LogP contribution >= 0.6 is 31.9 Å². The van der Waals surface area contributed by atoms with E-state index in [1.165, 1.54) is 13.3 Å². The zero-order chi connectivity index (χ0) is 14.4. The Morgan fingerprint density at radius 3 is 2.84 bits per heavy atom. The number of benzene rings is 1. The third-order valence-electron chi connectivity index (χ3n) is 2.04. The van der Waals surface area contributed by atoms with Crippen molar-refractivity contribution in [1.82, 2.24) is 5.43 Å². The van der Waals surface area contributed by atoms with E-state index in [4.69, 9.17) is 4.74 Å². The molecule has 19 heavy (non-hydrogen) atoms. The van der Waals surface area contributed by atoms with Crippen LogP contribution in [0.2, 0.25) is 0 Å². The number of hydrogen-bond acceptors (Lipinski definition) is 5. The van der Waals surface area contributed by atoms with Crippen LogP contribution in [0.5, 0.6) is 11.5 Å². The summed E-state index contributed by atoms with van der Waals surface area (Å²) < 4.78 is 10.9. The van der Waals surface area contributed by atoms with Gasteiger partial charge in [0.2, 0.25) is 0 Å². The fourth-order valence-electron chi connectivity index (χ4n) is 1.20. The Balaban J connectivity index is 2.97. The largest absolute Gasteiger partial charge is 0.504 e. The quantitative estimate of drug-likeness (QED) is 0.606. The molecule has 0 aromatic heterocycles. The molecular formula is C11H12Br2N2O4. The Morgan fingerprint density at radius 1 is 1.58 bits per heavy atom. The molecule has 0 aliphatic rings. The predicted molar refractivity (Wildman–Crippen MR) is 77.8 cm³/mol. The van der Waals surface area contributed by atoms with Gasteiger partial charge in [0, 0.05) is 8.95 Å². The molecule has 0 saturated heterocycles. The van der Waals surface area contributed by atoms with Gasteiger partial charge in [-0.25, -0.2) is 10.2 Å². The lowest BCUT2D eigenvalue weighted by atomic mass is 10.2. The van der Waals surface area contributed by atoms with Crippen molar-refractivity contribution in [1.29, 1.82) is 0 Å². The first-order valence-electron chi connectivity index (χ1n) is 5.22. The summed E-state index contributed by atoms with van der Waals surface area (Å²) in [6.45, 7) is 1.94. The number of methoxy groups -OCH3 is 1. The fourth-order valence-corrected chi connectivity index (χ4v) is 2.02. The van der Waals surface area contributed by atoms with Crippen molar-refractivity contribution in [3.8, 4) is 11.5 Å². The summed E-state index contributed by atoms with van der Waals surface area (Å²) in [5, 5.41) is 13.6. The van der Waals surface area contributed by atoms with Crippen molar-refractivity contribution < 1.29 is 19.4 Å². The van der Waals surface area contributed by atoms with Gasteiger partial charge in [0.05, 0.1) is 25.5 Å². The van der Waals surface area contributed by atoms with Gasteiger partial charge in [-0.3, -0.25) is 0 Å². The number of nitrogens with zero attached hydrogens (tertiary/aromatic N) is 1. The van der Waals surface area contributed by atoms with Crippen LogP contribution in [-0.2, 0) is 4.74 Å². The number of carbonyl (C=O) groups excluding carboxylic acids is 1. The van der Waals surface area contributed by atoms with Crippen LogP contribution in [0.4, 0.5) is 4.79 Å². The minimum Gasteiger partial charge on any atom is -0.504 e. The van der Waals surface area contributed by atoms with Crippen molar-refractivity contribution in [3.63, 3.8) is 0 Å². The smallest absolute Gasteiger partial charge is 0.427 e. The van der Waals surface area contributed by atoms with Crippen molar-refractivity contribution in [2.45, 2.75) is 6.92 Å². The number of hydrogen-bond donors (Lipinski definition) is 2. The molecule has 1 rings (SSSR count). The third-order valence-corrected chi connectivity index (χ3v) is 4.05. The predicted octanol–water partition coefficient (Wildman–Crippen LogP) is 3.01. The zero-order valence-corrected chi connectivity index (χ0v) is 13.4. The highest BCUT2D eigenvalue weighted by Gasteiger charge is 2.14. The minimum absolute atomic E-state index is 0.0908. The van der Waals surface area contributed by atoms with Crippen LogP contribution in [0.15, 0.2) is 20.1 Å². The Bertz CT molecular complexity index is 506. The van der Waals surface area contributed by atoms with E-state index in [1.54, 1.807) is 13.0 Å². The van der Waals surface area contributed by atoms with Crippen molar-refractivity contribution >= 4 is 44.2 Å². The number of carbonyl (C=O) groups is 1. The van der Waals surface area contributed by atoms with Gasteiger partial charge in [0.1, 0.15) is 0 Å². The summed E-state index contributed by atoms with van der Waals surface area (Å²) in [4.78, 5) is 11.0. The molecule has 0 aliphatic carbocycles. The summed E-state index contributed by atoms with van der Waals surface area (Å²) in [6, 6.07) is 1.61. The maximum Gasteiger partial charge on any atom is 0.427 e. The van der Waals surface area contributed by atoms with E-state index in [0.29, 0.717) is 14.5 Å². The maximum atomic E-state index is 11.0. The first-order valence-corrected chi connectivity index (χ1v) is 6.80. The van der Waals surface area contributed by atoms with Crippen molar-refractivity contribution in [2.24, 2.45) is 5.10 Å². The Labute approximate surface area is 127 Å². The van der Waals surface area contributed by atoms with E-state index in [0.717, 1.165) is 0 Å². The van der Waals surface area contributed by atoms with E-state index in [2.05, 4.69) is 47.1 Å². The molecule has 8 heteroatoms. The Kier molecular flexibility index (Phi) is 6.10. The van der Waals surface area contributed by atoms with Gasteiger partial charge in [-0.05, 0) is 44.8 Å². The van der Waals surface area contributed by atoms with Crippen LogP contribution in [-0.4, -0.2) is 31.1 Å². The van der Waals surface area contributed by atoms with Gasteiger partial charge in [0.25, 0.3) is 0 Å². The minimum atomic E-state index is -0.670. The molecule has 2 N–H and O–H groups in total. The first kappa shape index (κ1) is 15.8. The molecule has 0 spiro atoms. The number of aromatic hydroxyl groups is 1. The van der Waals surface area contributed by atoms with Gasteiger partial charge in [-0.1, -0.05) is 0 Å². The van der Waals surface area contributed by atoms with E-state index < -0.39 is 6.09 Å². The van der Waals surface area contributed by atoms with Gasteiger partial charge >= 0.3 is 6.09 Å². The number of hydrazone groups is 1. The Hall–Kier alpha value is -1.28. The molecule has 1 aromatic rings. The van der Waals surface area contributed by atoms with Crippen molar-refractivity contribution in [3.05, 3.63) is 20.6 Å². The number of phenolic OH excluding ortho intramolecular Hbond substituents is 1. The molecule has 0 saturated carbocycles. The number of phenols is 1. The molecule has 0 radical (unpaired) electrons. The van der Waals surface area contributed by atoms with Crippen LogP contribution in [0.25, 0.3) is 0 Å². The second-order valence-corrected chi connectivity index (χ2v) is 4.87. The molecule has 0 bridgehead atoms. The molecule has 6 nitrogen and oxygen atoms in total. The van der Waals surface area contributed by atoms with Gasteiger partial charge in [-0.2, -0.15) is 5.10 Å². The highest BCUT2D eigenvalue weighted by atomic mass is 79.9. The van der Waals surface area contributed by atoms with Crippen LogP contribution in [0, 0.1) is 0 Å². The van der Waals surface area contributed by atoms with Gasteiger partial charge in [-0.15, -0.1) is 0 Å². The summed E-state index contributed by atoms with van der Waals surface area (Å²) in [5.41, 5.74) is 2.53. The topological polar surface area (TPSA) is 80.2 Å². The average Bonchev–Trinajstić information content (AvgIpc) is 2.38. The summed E-state index contributed by atoms with van der Waals surface area (Å²) in [7, 11) is 1.44. The molecule has 0 unspecified atom stereocenters. The van der Waals surface area contributed by atoms with Crippen molar-refractivity contribution in [2.75, 3.05) is 13.7 Å². The first-order chi connectivity index (χ1) is 9.01. The lowest BCUT2D eigenvalue weighted by molar-refractivity contribution is 0.152. The summed E-state index contributed by atoms with van der Waals surface area (Å²) in [5.74, 6) is 0.194. The van der Waals surface area contributed by atoms with Crippen LogP contribution in [0.3, 0.4) is 0 Å². The lowest BCUT2D eigenvalue weighted by Crippen LogP contribution is -2.18. The third kappa shape index (κ3) is 4.10. The maximum absolute atomic E-state index is 11.0. The second-order valence-electron chi connectivity index (χ2n) is 3.23. The second kappa shape index (κ2) is 7.34. The normalized spacial score (nSPS) is 10.5. The SMILES string of the molecule is CCOC(=O)NN=Cc1c(O)c(OC)cc(Br)c1Br. The zero-order valence-electron chi connectivity index (χ0n) is 10.2. The molecule has 0 heterocycles. The van der Waals surface area contributed by atoms with E-state index in [1.807, 2.05) is 0 Å². The summed E-state index contributed by atoms with van der Waals surface area (Å²) in [6.07, 6.45) is 0.611. The lowest BCUT2D eigenvalue weighted by Gasteiger charge is -2.09. The van der Waals surface area contributed by atoms with Crippen LogP contribution in [0.1, 0.15) is 12.5 Å². The average molecular weight is 396 g/mol. The van der Waals surface area contributed by atoms with E-state index >= 15 is 0 Å². The molecule has 1 amide bonds. The standard InChI is InChI=1S/C11H12Br2N2O4/c1-3-19-11(17)15-14-5-6-9(13)7(12)4-8(18-2)10(6)16/h4-5,16H,3H2,1-2H3,(H,15,17). The number of nitrogens with one attached hydrogen (secondary N) is 1. The van der Waals surface area contributed by atoms with E-state index in [-0.39, 0.29) is 18.1 Å². The highest BCUT2D eigenvalue weighted by molar-refractivity contribution is 9.13. The number of halogens is 2. The molecule has 0 atom stereocenters. The molecule has 1 aromatic carbocycles. The molecule has 104 valence electrons. The Morgan fingerprint density at radius 2 is 2.26 bits per heavy atom. The monoisotopic (exact) mass is 394 g/mol. The number of amides is 1.